The number of benzene rings is 2. The van der Waals surface area contributed by atoms with Crippen molar-refractivity contribution in [3.8, 4) is 0 Å². The van der Waals surface area contributed by atoms with Crippen LogP contribution in [0.5, 0.6) is 0 Å². The number of carboxylic acids is 1. The minimum absolute atomic E-state index is 0.245. The Balaban J connectivity index is 1.68. The molecule has 0 aliphatic heterocycles. The fraction of sp³-hybridized carbons (Fsp3) is 0.100. The van der Waals surface area contributed by atoms with E-state index in [9.17, 15) is 9.90 Å². The SMILES string of the molecule is O=C(O)C(OCc1ccccc1)c1ccc(Nc2ccncc2)cc1. The molecule has 126 valence electrons. The summed E-state index contributed by atoms with van der Waals surface area (Å²) in [6.45, 7) is 0.245. The summed E-state index contributed by atoms with van der Waals surface area (Å²) in [5.41, 5.74) is 3.31. The Morgan fingerprint density at radius 1 is 0.960 bits per heavy atom. The monoisotopic (exact) mass is 334 g/mol. The van der Waals surface area contributed by atoms with Crippen molar-refractivity contribution in [3.63, 3.8) is 0 Å². The van der Waals surface area contributed by atoms with Gasteiger partial charge in [-0.25, -0.2) is 4.79 Å². The number of nitrogens with one attached hydrogen (secondary N) is 1. The molecule has 1 unspecified atom stereocenters. The smallest absolute Gasteiger partial charge is 0.337 e. The summed E-state index contributed by atoms with van der Waals surface area (Å²) < 4.78 is 5.61. The molecule has 2 aromatic carbocycles. The van der Waals surface area contributed by atoms with Gasteiger partial charge in [-0.2, -0.15) is 0 Å². The lowest BCUT2D eigenvalue weighted by Crippen LogP contribution is -2.15. The van der Waals surface area contributed by atoms with Gasteiger partial charge in [-0.15, -0.1) is 0 Å². The van der Waals surface area contributed by atoms with Crippen LogP contribution in [0.4, 0.5) is 11.4 Å². The molecule has 5 nitrogen and oxygen atoms in total. The van der Waals surface area contributed by atoms with Crippen LogP contribution in [0.3, 0.4) is 0 Å². The largest absolute Gasteiger partial charge is 0.479 e. The molecule has 0 aliphatic rings. The van der Waals surface area contributed by atoms with Crippen molar-refractivity contribution >= 4 is 17.3 Å². The van der Waals surface area contributed by atoms with Gasteiger partial charge >= 0.3 is 5.97 Å². The maximum Gasteiger partial charge on any atom is 0.337 e. The first-order valence-electron chi connectivity index (χ1n) is 7.88. The van der Waals surface area contributed by atoms with Crippen LogP contribution < -0.4 is 5.32 Å². The highest BCUT2D eigenvalue weighted by Crippen LogP contribution is 2.23. The minimum atomic E-state index is -1.01. The standard InChI is InChI=1S/C20H18N2O3/c23-20(24)19(25-14-15-4-2-1-3-5-15)16-6-8-17(9-7-16)22-18-10-12-21-13-11-18/h1-13,19H,14H2,(H,21,22)(H,23,24). The van der Waals surface area contributed by atoms with Gasteiger partial charge < -0.3 is 15.2 Å². The maximum atomic E-state index is 11.5. The molecular formula is C20H18N2O3. The summed E-state index contributed by atoms with van der Waals surface area (Å²) in [5, 5.41) is 12.7. The van der Waals surface area contributed by atoms with Gasteiger partial charge in [0.15, 0.2) is 6.10 Å². The average molecular weight is 334 g/mol. The van der Waals surface area contributed by atoms with Crippen LogP contribution in [0.2, 0.25) is 0 Å². The summed E-state index contributed by atoms with van der Waals surface area (Å²) in [7, 11) is 0. The highest BCUT2D eigenvalue weighted by molar-refractivity contribution is 5.74. The molecule has 3 rings (SSSR count). The summed E-state index contributed by atoms with van der Waals surface area (Å²) in [5.74, 6) is -1.01. The number of ether oxygens (including phenoxy) is 1. The van der Waals surface area contributed by atoms with E-state index < -0.39 is 12.1 Å². The number of aliphatic carboxylic acids is 1. The predicted octanol–water partition coefficient (Wildman–Crippen LogP) is 4.17. The zero-order valence-electron chi connectivity index (χ0n) is 13.5. The second-order valence-corrected chi connectivity index (χ2v) is 5.50. The van der Waals surface area contributed by atoms with Gasteiger partial charge in [-0.05, 0) is 35.4 Å². The number of nitrogens with zero attached hydrogens (tertiary/aromatic N) is 1. The van der Waals surface area contributed by atoms with Gasteiger partial charge in [-0.1, -0.05) is 42.5 Å². The van der Waals surface area contributed by atoms with E-state index in [0.717, 1.165) is 16.9 Å². The zero-order valence-corrected chi connectivity index (χ0v) is 13.5. The molecule has 0 spiro atoms. The quantitative estimate of drug-likeness (QED) is 0.678. The molecule has 1 heterocycles. The van der Waals surface area contributed by atoms with Gasteiger partial charge in [0.1, 0.15) is 0 Å². The number of rotatable bonds is 7. The third-order valence-corrected chi connectivity index (χ3v) is 3.67. The van der Waals surface area contributed by atoms with Crippen molar-refractivity contribution in [2.75, 3.05) is 5.32 Å². The van der Waals surface area contributed by atoms with E-state index in [1.165, 1.54) is 0 Å². The van der Waals surface area contributed by atoms with Crippen LogP contribution in [0.1, 0.15) is 17.2 Å². The Bertz CT molecular complexity index is 805. The van der Waals surface area contributed by atoms with Crippen LogP contribution in [-0.4, -0.2) is 16.1 Å². The van der Waals surface area contributed by atoms with Gasteiger partial charge in [-0.3, -0.25) is 4.98 Å². The lowest BCUT2D eigenvalue weighted by Gasteiger charge is -2.15. The van der Waals surface area contributed by atoms with E-state index in [4.69, 9.17) is 4.74 Å². The summed E-state index contributed by atoms with van der Waals surface area (Å²) >= 11 is 0. The summed E-state index contributed by atoms with van der Waals surface area (Å²) in [4.78, 5) is 15.5. The normalized spacial score (nSPS) is 11.7. The van der Waals surface area contributed by atoms with Gasteiger partial charge in [0.25, 0.3) is 0 Å². The van der Waals surface area contributed by atoms with Gasteiger partial charge in [0, 0.05) is 23.8 Å². The Morgan fingerprint density at radius 3 is 2.24 bits per heavy atom. The molecule has 2 N–H and O–H groups in total. The second kappa shape index (κ2) is 8.08. The molecular weight excluding hydrogens is 316 g/mol. The lowest BCUT2D eigenvalue weighted by molar-refractivity contribution is -0.151. The number of anilines is 2. The molecule has 0 saturated heterocycles. The lowest BCUT2D eigenvalue weighted by atomic mass is 10.1. The molecule has 25 heavy (non-hydrogen) atoms. The predicted molar refractivity (Wildman–Crippen MR) is 95.6 cm³/mol. The van der Waals surface area contributed by atoms with E-state index in [-0.39, 0.29) is 6.61 Å². The number of carbonyl (C=O) groups is 1. The Hall–Kier alpha value is -3.18. The molecule has 0 aliphatic carbocycles. The van der Waals surface area contributed by atoms with E-state index in [1.54, 1.807) is 24.5 Å². The van der Waals surface area contributed by atoms with Crippen molar-refractivity contribution in [1.29, 1.82) is 0 Å². The topological polar surface area (TPSA) is 71.5 Å². The molecule has 0 fully saturated rings. The molecule has 1 aromatic heterocycles. The molecule has 0 bridgehead atoms. The minimum Gasteiger partial charge on any atom is -0.479 e. The first-order valence-corrected chi connectivity index (χ1v) is 7.88. The van der Waals surface area contributed by atoms with E-state index >= 15 is 0 Å². The first kappa shape index (κ1) is 16.7. The third kappa shape index (κ3) is 4.65. The Kier molecular flexibility index (Phi) is 5.39. The Morgan fingerprint density at radius 2 is 1.60 bits per heavy atom. The van der Waals surface area contributed by atoms with Gasteiger partial charge in [0.2, 0.25) is 0 Å². The van der Waals surface area contributed by atoms with Crippen LogP contribution in [-0.2, 0) is 16.1 Å². The molecule has 0 saturated carbocycles. The zero-order chi connectivity index (χ0) is 17.5. The number of carboxylic acid groups (broad SMARTS) is 1. The van der Waals surface area contributed by atoms with E-state index in [2.05, 4.69) is 10.3 Å². The molecule has 0 amide bonds. The number of hydrogen-bond acceptors (Lipinski definition) is 4. The molecule has 1 atom stereocenters. The van der Waals surface area contributed by atoms with E-state index in [1.807, 2.05) is 54.6 Å². The van der Waals surface area contributed by atoms with Gasteiger partial charge in [0.05, 0.1) is 6.61 Å². The maximum absolute atomic E-state index is 11.5. The van der Waals surface area contributed by atoms with Crippen LogP contribution in [0.15, 0.2) is 79.1 Å². The van der Waals surface area contributed by atoms with Crippen LogP contribution in [0.25, 0.3) is 0 Å². The van der Waals surface area contributed by atoms with Crippen molar-refractivity contribution in [2.45, 2.75) is 12.7 Å². The fourth-order valence-corrected chi connectivity index (χ4v) is 2.41. The van der Waals surface area contributed by atoms with Crippen LogP contribution in [0, 0.1) is 0 Å². The van der Waals surface area contributed by atoms with Crippen molar-refractivity contribution < 1.29 is 14.6 Å². The number of pyridine rings is 1. The first-order chi connectivity index (χ1) is 12.2. The summed E-state index contributed by atoms with van der Waals surface area (Å²) in [6.07, 6.45) is 2.40. The average Bonchev–Trinajstić information content (AvgIpc) is 2.65. The van der Waals surface area contributed by atoms with Crippen molar-refractivity contribution in [2.24, 2.45) is 0 Å². The van der Waals surface area contributed by atoms with E-state index in [0.29, 0.717) is 5.56 Å². The molecule has 0 radical (unpaired) electrons. The number of aromatic nitrogens is 1. The van der Waals surface area contributed by atoms with Crippen molar-refractivity contribution in [1.82, 2.24) is 4.98 Å². The molecule has 5 heteroatoms. The number of hydrogen-bond donors (Lipinski definition) is 2. The Labute approximate surface area is 145 Å². The highest BCUT2D eigenvalue weighted by atomic mass is 16.5. The van der Waals surface area contributed by atoms with Crippen molar-refractivity contribution in [3.05, 3.63) is 90.3 Å². The second-order valence-electron chi connectivity index (χ2n) is 5.50. The van der Waals surface area contributed by atoms with Crippen LogP contribution >= 0.6 is 0 Å². The third-order valence-electron chi connectivity index (χ3n) is 3.67. The fourth-order valence-electron chi connectivity index (χ4n) is 2.41. The highest BCUT2D eigenvalue weighted by Gasteiger charge is 2.20. The summed E-state index contributed by atoms with van der Waals surface area (Å²) in [6, 6.07) is 20.4. The molecule has 3 aromatic rings.